The minimum atomic E-state index is 0.600. The summed E-state index contributed by atoms with van der Waals surface area (Å²) in [6.45, 7) is 12.8. The predicted octanol–water partition coefficient (Wildman–Crippen LogP) is 5.91. The summed E-state index contributed by atoms with van der Waals surface area (Å²) in [6, 6.07) is 0. The molecule has 0 radical (unpaired) electrons. The summed E-state index contributed by atoms with van der Waals surface area (Å²) in [5.41, 5.74) is 1.28. The SMILES string of the molecule is CC1CCC(C)(C)C2CCC3(C)C(C)CCC3C2C1. The molecule has 110 valence electrons. The molecule has 0 aromatic carbocycles. The summed E-state index contributed by atoms with van der Waals surface area (Å²) >= 11 is 0. The lowest BCUT2D eigenvalue weighted by molar-refractivity contribution is -0.0303. The van der Waals surface area contributed by atoms with Crippen LogP contribution >= 0.6 is 0 Å². The van der Waals surface area contributed by atoms with Crippen molar-refractivity contribution in [1.29, 1.82) is 0 Å². The Morgan fingerprint density at radius 2 is 1.53 bits per heavy atom. The van der Waals surface area contributed by atoms with E-state index >= 15 is 0 Å². The molecule has 0 aliphatic heterocycles. The van der Waals surface area contributed by atoms with Crippen molar-refractivity contribution in [2.24, 2.45) is 40.4 Å². The van der Waals surface area contributed by atoms with Gasteiger partial charge >= 0.3 is 0 Å². The zero-order valence-electron chi connectivity index (χ0n) is 13.8. The van der Waals surface area contributed by atoms with Crippen LogP contribution in [0.3, 0.4) is 0 Å². The second-order valence-corrected chi connectivity index (χ2v) is 9.27. The molecule has 3 rings (SSSR count). The van der Waals surface area contributed by atoms with Gasteiger partial charge in [0, 0.05) is 0 Å². The summed E-state index contributed by atoms with van der Waals surface area (Å²) in [5, 5.41) is 0. The van der Waals surface area contributed by atoms with Crippen LogP contribution in [-0.2, 0) is 0 Å². The summed E-state index contributed by atoms with van der Waals surface area (Å²) in [6.07, 6.45) is 10.5. The van der Waals surface area contributed by atoms with Crippen molar-refractivity contribution in [2.75, 3.05) is 0 Å². The van der Waals surface area contributed by atoms with Crippen molar-refractivity contribution in [1.82, 2.24) is 0 Å². The Morgan fingerprint density at radius 3 is 2.26 bits per heavy atom. The number of hydrogen-bond acceptors (Lipinski definition) is 0. The summed E-state index contributed by atoms with van der Waals surface area (Å²) in [5.74, 6) is 5.03. The third-order valence-corrected chi connectivity index (χ3v) is 7.87. The van der Waals surface area contributed by atoms with Gasteiger partial charge < -0.3 is 0 Å². The Balaban J connectivity index is 1.92. The number of fused-ring (bicyclic) bond motifs is 3. The standard InChI is InChI=1S/C19H34/c1-13-8-10-18(3,4)16-9-11-19(5)14(2)6-7-17(19)15(16)12-13/h13-17H,6-12H2,1-5H3. The van der Waals surface area contributed by atoms with Crippen LogP contribution in [-0.4, -0.2) is 0 Å². The second kappa shape index (κ2) is 4.50. The summed E-state index contributed by atoms with van der Waals surface area (Å²) in [7, 11) is 0. The van der Waals surface area contributed by atoms with E-state index in [9.17, 15) is 0 Å². The van der Waals surface area contributed by atoms with Crippen LogP contribution in [0.25, 0.3) is 0 Å². The molecule has 0 heteroatoms. The van der Waals surface area contributed by atoms with Crippen LogP contribution in [0.1, 0.15) is 79.6 Å². The lowest BCUT2D eigenvalue weighted by Crippen LogP contribution is -2.44. The maximum absolute atomic E-state index is 2.63. The Kier molecular flexibility index (Phi) is 3.31. The molecule has 0 spiro atoms. The van der Waals surface area contributed by atoms with Gasteiger partial charge in [-0.05, 0) is 78.9 Å². The fraction of sp³-hybridized carbons (Fsp3) is 1.00. The van der Waals surface area contributed by atoms with E-state index in [4.69, 9.17) is 0 Å². The Labute approximate surface area is 120 Å². The lowest BCUT2D eigenvalue weighted by atomic mass is 9.53. The minimum absolute atomic E-state index is 0.600. The first-order chi connectivity index (χ1) is 8.84. The molecule has 0 nitrogen and oxygen atoms in total. The van der Waals surface area contributed by atoms with Crippen LogP contribution in [0.2, 0.25) is 0 Å². The molecule has 19 heavy (non-hydrogen) atoms. The highest BCUT2D eigenvalue weighted by atomic mass is 14.6. The first kappa shape index (κ1) is 14.0. The lowest BCUT2D eigenvalue weighted by Gasteiger charge is -2.52. The smallest absolute Gasteiger partial charge is 0.0269 e. The Bertz CT molecular complexity index is 342. The monoisotopic (exact) mass is 262 g/mol. The molecule has 3 aliphatic rings. The minimum Gasteiger partial charge on any atom is -0.0625 e. The van der Waals surface area contributed by atoms with Crippen LogP contribution in [0.5, 0.6) is 0 Å². The van der Waals surface area contributed by atoms with Gasteiger partial charge in [-0.3, -0.25) is 0 Å². The van der Waals surface area contributed by atoms with E-state index in [0.717, 1.165) is 29.6 Å². The fourth-order valence-electron chi connectivity index (χ4n) is 6.24. The van der Waals surface area contributed by atoms with Crippen LogP contribution < -0.4 is 0 Å². The maximum Gasteiger partial charge on any atom is -0.0269 e. The molecular formula is C19H34. The molecule has 0 aromatic rings. The number of hydrogen-bond donors (Lipinski definition) is 0. The molecule has 0 aromatic heterocycles. The van der Waals surface area contributed by atoms with Crippen molar-refractivity contribution in [3.63, 3.8) is 0 Å². The van der Waals surface area contributed by atoms with E-state index < -0.39 is 0 Å². The average molecular weight is 262 g/mol. The van der Waals surface area contributed by atoms with E-state index in [1.165, 1.54) is 44.9 Å². The molecule has 3 saturated carbocycles. The van der Waals surface area contributed by atoms with Gasteiger partial charge in [-0.15, -0.1) is 0 Å². The van der Waals surface area contributed by atoms with Crippen LogP contribution in [0.15, 0.2) is 0 Å². The van der Waals surface area contributed by atoms with Gasteiger partial charge in [0.05, 0.1) is 0 Å². The van der Waals surface area contributed by atoms with Crippen molar-refractivity contribution >= 4 is 0 Å². The van der Waals surface area contributed by atoms with Gasteiger partial charge in [-0.25, -0.2) is 0 Å². The average Bonchev–Trinajstić information content (AvgIpc) is 2.57. The largest absolute Gasteiger partial charge is 0.0625 e. The Hall–Kier alpha value is 0. The van der Waals surface area contributed by atoms with Crippen molar-refractivity contribution in [3.8, 4) is 0 Å². The van der Waals surface area contributed by atoms with Crippen molar-refractivity contribution in [3.05, 3.63) is 0 Å². The third kappa shape index (κ3) is 2.09. The van der Waals surface area contributed by atoms with E-state index in [0.29, 0.717) is 10.8 Å². The highest BCUT2D eigenvalue weighted by molar-refractivity contribution is 5.04. The Morgan fingerprint density at radius 1 is 0.789 bits per heavy atom. The molecule has 6 atom stereocenters. The normalized spacial score (nSPS) is 53.2. The highest BCUT2D eigenvalue weighted by Gasteiger charge is 2.55. The molecule has 0 amide bonds. The van der Waals surface area contributed by atoms with E-state index in [-0.39, 0.29) is 0 Å². The quantitative estimate of drug-likeness (QED) is 0.509. The second-order valence-electron chi connectivity index (χ2n) is 9.27. The summed E-state index contributed by atoms with van der Waals surface area (Å²) < 4.78 is 0. The molecular weight excluding hydrogens is 228 g/mol. The van der Waals surface area contributed by atoms with Gasteiger partial charge in [0.15, 0.2) is 0 Å². The number of rotatable bonds is 0. The molecule has 0 saturated heterocycles. The van der Waals surface area contributed by atoms with Crippen LogP contribution in [0, 0.1) is 40.4 Å². The van der Waals surface area contributed by atoms with E-state index in [1.54, 1.807) is 0 Å². The fourth-order valence-corrected chi connectivity index (χ4v) is 6.24. The third-order valence-electron chi connectivity index (χ3n) is 7.87. The van der Waals surface area contributed by atoms with Gasteiger partial charge in [-0.2, -0.15) is 0 Å². The molecule has 6 unspecified atom stereocenters. The summed E-state index contributed by atoms with van der Waals surface area (Å²) in [4.78, 5) is 0. The molecule has 0 bridgehead atoms. The van der Waals surface area contributed by atoms with Crippen molar-refractivity contribution < 1.29 is 0 Å². The van der Waals surface area contributed by atoms with Crippen molar-refractivity contribution in [2.45, 2.75) is 79.6 Å². The van der Waals surface area contributed by atoms with Gasteiger partial charge in [0.2, 0.25) is 0 Å². The molecule has 3 fully saturated rings. The van der Waals surface area contributed by atoms with Gasteiger partial charge in [-0.1, -0.05) is 41.0 Å². The zero-order chi connectivity index (χ0) is 13.8. The molecule has 0 heterocycles. The first-order valence-corrected chi connectivity index (χ1v) is 8.84. The van der Waals surface area contributed by atoms with E-state index in [1.807, 2.05) is 0 Å². The highest BCUT2D eigenvalue weighted by Crippen LogP contribution is 2.63. The maximum atomic E-state index is 2.63. The molecule has 0 N–H and O–H groups in total. The van der Waals surface area contributed by atoms with Crippen LogP contribution in [0.4, 0.5) is 0 Å². The van der Waals surface area contributed by atoms with E-state index in [2.05, 4.69) is 34.6 Å². The first-order valence-electron chi connectivity index (χ1n) is 8.84. The van der Waals surface area contributed by atoms with Gasteiger partial charge in [0.25, 0.3) is 0 Å². The topological polar surface area (TPSA) is 0 Å². The van der Waals surface area contributed by atoms with Gasteiger partial charge in [0.1, 0.15) is 0 Å². The molecule has 3 aliphatic carbocycles. The zero-order valence-corrected chi connectivity index (χ0v) is 13.8. The predicted molar refractivity (Wildman–Crippen MR) is 83.0 cm³/mol.